The Labute approximate surface area is 159 Å². The third-order valence-electron chi connectivity index (χ3n) is 3.96. The average molecular weight is 385 g/mol. The number of hydrogen-bond donors (Lipinski definition) is 0. The first kappa shape index (κ1) is 18.9. The zero-order chi connectivity index (χ0) is 19.2. The quantitative estimate of drug-likeness (QED) is 0.355. The molecule has 27 heavy (non-hydrogen) atoms. The molecule has 1 aromatic heterocycles. The highest BCUT2D eigenvalue weighted by Gasteiger charge is 2.13. The van der Waals surface area contributed by atoms with Gasteiger partial charge in [-0.2, -0.15) is 4.99 Å². The van der Waals surface area contributed by atoms with Crippen molar-refractivity contribution in [3.8, 4) is 0 Å². The lowest BCUT2D eigenvalue weighted by Crippen LogP contribution is -2.20. The van der Waals surface area contributed by atoms with Gasteiger partial charge in [-0.1, -0.05) is 41.7 Å². The number of thiazole rings is 1. The van der Waals surface area contributed by atoms with E-state index in [1.54, 1.807) is 6.07 Å². The number of nitro benzene ring substituents is 1. The fourth-order valence-electron chi connectivity index (χ4n) is 2.69. The highest BCUT2D eigenvalue weighted by Crippen LogP contribution is 2.23. The lowest BCUT2D eigenvalue weighted by atomic mass is 10.1. The summed E-state index contributed by atoms with van der Waals surface area (Å²) in [5.74, 6) is -0.257. The van der Waals surface area contributed by atoms with Crippen LogP contribution in [0, 0.1) is 10.1 Å². The van der Waals surface area contributed by atoms with Gasteiger partial charge in [0.15, 0.2) is 4.80 Å². The molecule has 0 aliphatic rings. The van der Waals surface area contributed by atoms with Crippen molar-refractivity contribution in [3.63, 3.8) is 0 Å². The number of nitro groups is 1. The molecule has 8 heteroatoms. The minimum absolute atomic E-state index is 0.0165. The van der Waals surface area contributed by atoms with Gasteiger partial charge < -0.3 is 9.30 Å². The molecule has 3 rings (SSSR count). The maximum Gasteiger partial charge on any atom is 0.270 e. The van der Waals surface area contributed by atoms with Crippen LogP contribution < -0.4 is 4.80 Å². The summed E-state index contributed by atoms with van der Waals surface area (Å²) in [7, 11) is 0. The number of rotatable bonds is 7. The number of ether oxygens (including phenoxy) is 1. The van der Waals surface area contributed by atoms with E-state index in [0.29, 0.717) is 29.3 Å². The largest absolute Gasteiger partial charge is 0.380 e. The van der Waals surface area contributed by atoms with Gasteiger partial charge in [0.2, 0.25) is 0 Å². The molecule has 0 aliphatic heterocycles. The SMILES string of the molecule is CCOCCn1c(=NC(=O)Cc2ccccc2)sc2cc([N+](=O)[O-])ccc21. The fourth-order valence-corrected chi connectivity index (χ4v) is 3.80. The Morgan fingerprint density at radius 1 is 1.26 bits per heavy atom. The minimum Gasteiger partial charge on any atom is -0.380 e. The van der Waals surface area contributed by atoms with Gasteiger partial charge in [0, 0.05) is 25.3 Å². The van der Waals surface area contributed by atoms with Crippen molar-refractivity contribution in [1.29, 1.82) is 0 Å². The summed E-state index contributed by atoms with van der Waals surface area (Å²) in [5.41, 5.74) is 1.71. The Kier molecular flexibility index (Phi) is 6.10. The number of hydrogen-bond acceptors (Lipinski definition) is 5. The van der Waals surface area contributed by atoms with Gasteiger partial charge in [0.25, 0.3) is 11.6 Å². The number of carbonyl (C=O) groups is 1. The lowest BCUT2D eigenvalue weighted by molar-refractivity contribution is -0.384. The molecule has 0 N–H and O–H groups in total. The molecule has 0 unspecified atom stereocenters. The summed E-state index contributed by atoms with van der Waals surface area (Å²) in [6.45, 7) is 3.49. The van der Waals surface area contributed by atoms with E-state index in [2.05, 4.69) is 4.99 Å². The standard InChI is InChI=1S/C19H19N3O4S/c1-2-26-11-10-21-16-9-8-15(22(24)25)13-17(16)27-19(21)20-18(23)12-14-6-4-3-5-7-14/h3-9,13H,2,10-12H2,1H3. The van der Waals surface area contributed by atoms with Crippen LogP contribution in [0.4, 0.5) is 5.69 Å². The van der Waals surface area contributed by atoms with Crippen LogP contribution in [0.15, 0.2) is 53.5 Å². The normalized spacial score (nSPS) is 11.8. The predicted octanol–water partition coefficient (Wildman–Crippen LogP) is 3.32. The van der Waals surface area contributed by atoms with E-state index in [-0.39, 0.29) is 18.0 Å². The topological polar surface area (TPSA) is 86.7 Å². The smallest absolute Gasteiger partial charge is 0.270 e. The Morgan fingerprint density at radius 2 is 2.04 bits per heavy atom. The second kappa shape index (κ2) is 8.70. The molecule has 0 saturated carbocycles. The maximum absolute atomic E-state index is 12.4. The van der Waals surface area contributed by atoms with Gasteiger partial charge in [0.05, 0.1) is 28.2 Å². The van der Waals surface area contributed by atoms with Gasteiger partial charge in [-0.15, -0.1) is 0 Å². The zero-order valence-corrected chi connectivity index (χ0v) is 15.6. The summed E-state index contributed by atoms with van der Waals surface area (Å²) in [4.78, 5) is 27.8. The molecule has 0 saturated heterocycles. The van der Waals surface area contributed by atoms with E-state index in [9.17, 15) is 14.9 Å². The molecule has 0 spiro atoms. The molecule has 3 aromatic rings. The molecule has 0 atom stereocenters. The average Bonchev–Trinajstić information content (AvgIpc) is 2.99. The van der Waals surface area contributed by atoms with Crippen LogP contribution in [0.1, 0.15) is 12.5 Å². The predicted molar refractivity (Wildman–Crippen MR) is 104 cm³/mol. The highest BCUT2D eigenvalue weighted by molar-refractivity contribution is 7.16. The van der Waals surface area contributed by atoms with Crippen LogP contribution in [0.3, 0.4) is 0 Å². The number of amides is 1. The van der Waals surface area contributed by atoms with Crippen LogP contribution in [0.25, 0.3) is 10.2 Å². The molecule has 0 fully saturated rings. The first-order chi connectivity index (χ1) is 13.1. The maximum atomic E-state index is 12.4. The first-order valence-corrected chi connectivity index (χ1v) is 9.37. The van der Waals surface area contributed by atoms with Crippen LogP contribution in [-0.2, 0) is 22.5 Å². The first-order valence-electron chi connectivity index (χ1n) is 8.55. The Balaban J connectivity index is 1.99. The van der Waals surface area contributed by atoms with Gasteiger partial charge >= 0.3 is 0 Å². The molecule has 0 bridgehead atoms. The summed E-state index contributed by atoms with van der Waals surface area (Å²) >= 11 is 1.27. The van der Waals surface area contributed by atoms with E-state index >= 15 is 0 Å². The van der Waals surface area contributed by atoms with Crippen molar-refractivity contribution in [2.75, 3.05) is 13.2 Å². The van der Waals surface area contributed by atoms with Crippen molar-refractivity contribution in [2.24, 2.45) is 4.99 Å². The third-order valence-corrected chi connectivity index (χ3v) is 5.00. The Hall–Kier alpha value is -2.84. The van der Waals surface area contributed by atoms with E-state index in [1.807, 2.05) is 41.8 Å². The van der Waals surface area contributed by atoms with E-state index in [0.717, 1.165) is 11.1 Å². The molecule has 140 valence electrons. The molecule has 7 nitrogen and oxygen atoms in total. The van der Waals surface area contributed by atoms with Crippen molar-refractivity contribution >= 4 is 33.1 Å². The van der Waals surface area contributed by atoms with E-state index in [1.165, 1.54) is 23.5 Å². The van der Waals surface area contributed by atoms with Gasteiger partial charge in [0.1, 0.15) is 0 Å². The number of benzene rings is 2. The van der Waals surface area contributed by atoms with Crippen molar-refractivity contribution < 1.29 is 14.5 Å². The molecule has 0 aliphatic carbocycles. The number of aromatic nitrogens is 1. The van der Waals surface area contributed by atoms with Gasteiger partial charge in [-0.05, 0) is 18.6 Å². The second-order valence-electron chi connectivity index (χ2n) is 5.81. The summed E-state index contributed by atoms with van der Waals surface area (Å²) in [5, 5.41) is 11.0. The summed E-state index contributed by atoms with van der Waals surface area (Å²) in [6.07, 6.45) is 0.209. The summed E-state index contributed by atoms with van der Waals surface area (Å²) < 4.78 is 8.01. The van der Waals surface area contributed by atoms with Crippen LogP contribution in [0.2, 0.25) is 0 Å². The highest BCUT2D eigenvalue weighted by atomic mass is 32.1. The van der Waals surface area contributed by atoms with Gasteiger partial charge in [-0.25, -0.2) is 0 Å². The second-order valence-corrected chi connectivity index (χ2v) is 6.82. The molecule has 0 radical (unpaired) electrons. The Morgan fingerprint density at radius 3 is 2.74 bits per heavy atom. The number of non-ortho nitro benzene ring substituents is 1. The molecule has 1 amide bonds. The molecule has 1 heterocycles. The number of fused-ring (bicyclic) bond motifs is 1. The molecular formula is C19H19N3O4S. The van der Waals surface area contributed by atoms with Crippen LogP contribution in [0.5, 0.6) is 0 Å². The number of nitrogens with zero attached hydrogens (tertiary/aromatic N) is 3. The van der Waals surface area contributed by atoms with Crippen LogP contribution >= 0.6 is 11.3 Å². The lowest BCUT2D eigenvalue weighted by Gasteiger charge is -2.05. The Bertz CT molecular complexity index is 1020. The zero-order valence-electron chi connectivity index (χ0n) is 14.8. The van der Waals surface area contributed by atoms with Crippen molar-refractivity contribution in [3.05, 3.63) is 69.0 Å². The van der Waals surface area contributed by atoms with Gasteiger partial charge in [-0.3, -0.25) is 14.9 Å². The third kappa shape index (κ3) is 4.66. The minimum atomic E-state index is -0.429. The monoisotopic (exact) mass is 385 g/mol. The number of carbonyl (C=O) groups excluding carboxylic acids is 1. The van der Waals surface area contributed by atoms with E-state index in [4.69, 9.17) is 4.74 Å². The molecule has 2 aromatic carbocycles. The summed E-state index contributed by atoms with van der Waals surface area (Å²) in [6, 6.07) is 14.1. The van der Waals surface area contributed by atoms with Crippen LogP contribution in [-0.4, -0.2) is 28.6 Å². The van der Waals surface area contributed by atoms with Crippen molar-refractivity contribution in [2.45, 2.75) is 19.9 Å². The molecular weight excluding hydrogens is 366 g/mol. The van der Waals surface area contributed by atoms with Crippen molar-refractivity contribution in [1.82, 2.24) is 4.57 Å². The fraction of sp³-hybridized carbons (Fsp3) is 0.263. The van der Waals surface area contributed by atoms with E-state index < -0.39 is 4.92 Å².